The van der Waals surface area contributed by atoms with Gasteiger partial charge in [0.2, 0.25) is 0 Å². The number of aromatic nitrogens is 3. The van der Waals surface area contributed by atoms with Crippen LogP contribution in [-0.2, 0) is 16.6 Å². The summed E-state index contributed by atoms with van der Waals surface area (Å²) in [6.07, 6.45) is 2.21. The highest BCUT2D eigenvalue weighted by atomic mass is 19.4. The number of benzene rings is 2. The Hall–Kier alpha value is -3.92. The number of nitrogens with zero attached hydrogens (tertiary/aromatic N) is 3. The number of nitrogen functional groups attached to an aromatic ring is 1. The van der Waals surface area contributed by atoms with Crippen molar-refractivity contribution in [2.45, 2.75) is 50.3 Å². The summed E-state index contributed by atoms with van der Waals surface area (Å²) in [5.41, 5.74) is 6.34. The number of imidazole rings is 1. The van der Waals surface area contributed by atoms with Gasteiger partial charge in [-0.2, -0.15) is 13.2 Å². The highest BCUT2D eigenvalue weighted by molar-refractivity contribution is 5.85. The van der Waals surface area contributed by atoms with Crippen molar-refractivity contribution in [3.05, 3.63) is 83.4 Å². The molecule has 2 aromatic heterocycles. The number of anilines is 1. The topological polar surface area (TPSA) is 114 Å². The van der Waals surface area contributed by atoms with Crippen LogP contribution in [0.2, 0.25) is 0 Å². The van der Waals surface area contributed by atoms with E-state index in [1.165, 1.54) is 19.1 Å². The summed E-state index contributed by atoms with van der Waals surface area (Å²) in [4.78, 5) is 21.1. The number of alkyl halides is 3. The van der Waals surface area contributed by atoms with E-state index >= 15 is 0 Å². The maximum absolute atomic E-state index is 13.3. The first-order valence-corrected chi connectivity index (χ1v) is 13.3. The third-order valence-electron chi connectivity index (χ3n) is 8.83. The van der Waals surface area contributed by atoms with Crippen LogP contribution in [-0.4, -0.2) is 30.6 Å². The number of carboxylic acids is 1. The molecule has 2 bridgehead atoms. The maximum Gasteiger partial charge on any atom is 0.416 e. The minimum atomic E-state index is -4.52. The molecule has 7 nitrogen and oxygen atoms in total. The van der Waals surface area contributed by atoms with E-state index in [1.54, 1.807) is 30.5 Å². The fraction of sp³-hybridized carbons (Fsp3) is 0.367. The van der Waals surface area contributed by atoms with Crippen molar-refractivity contribution >= 4 is 17.3 Å². The average molecular weight is 551 g/mol. The van der Waals surface area contributed by atoms with E-state index in [0.717, 1.165) is 43.6 Å². The van der Waals surface area contributed by atoms with Crippen LogP contribution in [0.4, 0.5) is 19.0 Å². The fourth-order valence-electron chi connectivity index (χ4n) is 6.84. The van der Waals surface area contributed by atoms with Crippen molar-refractivity contribution in [3.8, 4) is 11.3 Å². The van der Waals surface area contributed by atoms with Crippen LogP contribution < -0.4 is 5.73 Å². The lowest BCUT2D eigenvalue weighted by Gasteiger charge is -2.32. The number of nitrogens with two attached hydrogens (primary N) is 1. The number of aliphatic carboxylic acids is 1. The Kier molecular flexibility index (Phi) is 6.14. The van der Waals surface area contributed by atoms with Gasteiger partial charge in [0.1, 0.15) is 28.5 Å². The lowest BCUT2D eigenvalue weighted by atomic mass is 9.73. The van der Waals surface area contributed by atoms with Crippen molar-refractivity contribution < 1.29 is 28.2 Å². The van der Waals surface area contributed by atoms with Crippen LogP contribution in [0, 0.1) is 17.8 Å². The van der Waals surface area contributed by atoms with E-state index < -0.39 is 23.3 Å². The zero-order valence-corrected chi connectivity index (χ0v) is 21.8. The van der Waals surface area contributed by atoms with Crippen LogP contribution >= 0.6 is 0 Å². The van der Waals surface area contributed by atoms with Crippen LogP contribution in [0.5, 0.6) is 0 Å². The number of hydrogen-bond donors (Lipinski definition) is 3. The summed E-state index contributed by atoms with van der Waals surface area (Å²) in [5, 5.41) is 21.0. The number of hydrogen-bond acceptors (Lipinski definition) is 5. The van der Waals surface area contributed by atoms with E-state index in [4.69, 9.17) is 10.7 Å². The Morgan fingerprint density at radius 1 is 1.02 bits per heavy atom. The van der Waals surface area contributed by atoms with Crippen LogP contribution in [0.25, 0.3) is 16.8 Å². The van der Waals surface area contributed by atoms with Gasteiger partial charge in [0, 0.05) is 23.9 Å². The molecule has 4 N–H and O–H groups in total. The van der Waals surface area contributed by atoms with Gasteiger partial charge in [-0.05, 0) is 67.7 Å². The number of halogens is 3. The van der Waals surface area contributed by atoms with Gasteiger partial charge in [-0.15, -0.1) is 0 Å². The molecule has 6 rings (SSSR count). The molecule has 0 unspecified atom stereocenters. The fourth-order valence-corrected chi connectivity index (χ4v) is 6.84. The first-order valence-electron chi connectivity index (χ1n) is 13.3. The lowest BCUT2D eigenvalue weighted by molar-refractivity contribution is -0.145. The van der Waals surface area contributed by atoms with Gasteiger partial charge in [-0.3, -0.25) is 9.20 Å². The second-order valence-electron chi connectivity index (χ2n) is 11.2. The third-order valence-corrected chi connectivity index (χ3v) is 8.83. The zero-order chi connectivity index (χ0) is 28.4. The molecule has 0 spiro atoms. The van der Waals surface area contributed by atoms with E-state index in [0.29, 0.717) is 28.2 Å². The van der Waals surface area contributed by atoms with Crippen molar-refractivity contribution in [1.82, 2.24) is 14.4 Å². The smallest absolute Gasteiger partial charge is 0.416 e. The summed E-state index contributed by atoms with van der Waals surface area (Å²) < 4.78 is 41.7. The normalized spacial score (nSPS) is 24.2. The molecule has 5 atom stereocenters. The molecule has 2 aromatic carbocycles. The molecule has 2 heterocycles. The van der Waals surface area contributed by atoms with E-state index in [1.807, 2.05) is 10.6 Å². The monoisotopic (exact) mass is 550 g/mol. The van der Waals surface area contributed by atoms with Crippen LogP contribution in [0.3, 0.4) is 0 Å². The molecule has 2 saturated carbocycles. The van der Waals surface area contributed by atoms with Gasteiger partial charge in [0.25, 0.3) is 0 Å². The molecule has 40 heavy (non-hydrogen) atoms. The summed E-state index contributed by atoms with van der Waals surface area (Å²) >= 11 is 0. The molecule has 2 fully saturated rings. The Bertz CT molecular complexity index is 1580. The minimum absolute atomic E-state index is 0.0806. The first kappa shape index (κ1) is 26.3. The van der Waals surface area contributed by atoms with E-state index in [2.05, 4.69) is 4.98 Å². The summed E-state index contributed by atoms with van der Waals surface area (Å²) in [6, 6.07) is 11.6. The molecule has 10 heteroatoms. The second-order valence-corrected chi connectivity index (χ2v) is 11.2. The molecule has 0 amide bonds. The molecular weight excluding hydrogens is 521 g/mol. The van der Waals surface area contributed by atoms with E-state index in [9.17, 15) is 28.2 Å². The highest BCUT2D eigenvalue weighted by Gasteiger charge is 2.47. The zero-order valence-electron chi connectivity index (χ0n) is 21.8. The largest absolute Gasteiger partial charge is 0.481 e. The standard InChI is InChI=1S/C30H29F3N4O3/c1-29(40,21-3-2-4-22(15-21)30(31,32)33)20-9-7-16(8-10-20)24-25-26(34)35-11-12-37(25)27(36-24)19-13-17-5-6-18(14-19)23(17)28(38)39/h2-4,7-12,15,17-19,23,40H,5-6,13-14H2,1H3,(H2,34,35)(H,38,39)/t17-,18+,19-,23+,29-/m1/s1. The molecule has 4 aromatic rings. The molecule has 2 aliphatic rings. The lowest BCUT2D eigenvalue weighted by Crippen LogP contribution is -2.31. The quantitative estimate of drug-likeness (QED) is 0.287. The second kappa shape index (κ2) is 9.33. The third kappa shape index (κ3) is 4.30. The van der Waals surface area contributed by atoms with Crippen molar-refractivity contribution in [2.24, 2.45) is 17.8 Å². The molecule has 0 saturated heterocycles. The number of rotatable bonds is 5. The van der Waals surface area contributed by atoms with Gasteiger partial charge in [0.05, 0.1) is 11.5 Å². The Balaban J connectivity index is 1.36. The summed E-state index contributed by atoms with van der Waals surface area (Å²) in [7, 11) is 0. The molecular formula is C30H29F3N4O3. The number of carboxylic acid groups (broad SMARTS) is 1. The van der Waals surface area contributed by atoms with Crippen LogP contribution in [0.1, 0.15) is 61.0 Å². The number of fused-ring (bicyclic) bond motifs is 3. The maximum atomic E-state index is 13.3. The average Bonchev–Trinajstić information content (AvgIpc) is 3.44. The Labute approximate surface area is 228 Å². The SMILES string of the molecule is C[C@@](O)(c1ccc(-c2nc([C@@H]3C[C@H]4CC[C@@H](C3)[C@H]4C(=O)O)n3ccnc(N)c23)cc1)c1cccc(C(F)(F)F)c1. The molecule has 208 valence electrons. The Morgan fingerprint density at radius 3 is 2.30 bits per heavy atom. The van der Waals surface area contributed by atoms with E-state index in [-0.39, 0.29) is 29.2 Å². The molecule has 0 aliphatic heterocycles. The van der Waals surface area contributed by atoms with Crippen LogP contribution in [0.15, 0.2) is 60.9 Å². The minimum Gasteiger partial charge on any atom is -0.481 e. The Morgan fingerprint density at radius 2 is 1.68 bits per heavy atom. The van der Waals surface area contributed by atoms with Crippen molar-refractivity contribution in [2.75, 3.05) is 5.73 Å². The van der Waals surface area contributed by atoms with Gasteiger partial charge in [-0.25, -0.2) is 9.97 Å². The molecule has 2 aliphatic carbocycles. The predicted molar refractivity (Wildman–Crippen MR) is 142 cm³/mol. The number of carbonyl (C=O) groups is 1. The summed E-state index contributed by atoms with van der Waals surface area (Å²) in [6.45, 7) is 1.46. The highest BCUT2D eigenvalue weighted by Crippen LogP contribution is 2.52. The summed E-state index contributed by atoms with van der Waals surface area (Å²) in [5.74, 6) is 0.428. The van der Waals surface area contributed by atoms with Crippen molar-refractivity contribution in [3.63, 3.8) is 0 Å². The van der Waals surface area contributed by atoms with Gasteiger partial charge < -0.3 is 15.9 Å². The first-order chi connectivity index (χ1) is 18.9. The van der Waals surface area contributed by atoms with Crippen molar-refractivity contribution in [1.29, 1.82) is 0 Å². The van der Waals surface area contributed by atoms with Gasteiger partial charge >= 0.3 is 12.1 Å². The number of aliphatic hydroxyl groups is 1. The van der Waals surface area contributed by atoms with Gasteiger partial charge in [-0.1, -0.05) is 36.4 Å². The van der Waals surface area contributed by atoms with Gasteiger partial charge in [0.15, 0.2) is 0 Å². The molecule has 0 radical (unpaired) electrons. The predicted octanol–water partition coefficient (Wildman–Crippen LogP) is 5.86.